The van der Waals surface area contributed by atoms with Gasteiger partial charge >= 0.3 is 5.97 Å². The van der Waals surface area contributed by atoms with E-state index in [1.54, 1.807) is 6.07 Å². The molecule has 162 valence electrons. The molecule has 3 nitrogen and oxygen atoms in total. The van der Waals surface area contributed by atoms with Crippen LogP contribution in [-0.2, 0) is 4.79 Å². The zero-order chi connectivity index (χ0) is 22.4. The van der Waals surface area contributed by atoms with Crippen LogP contribution in [0.5, 0.6) is 11.5 Å². The molecule has 0 N–H and O–H groups in total. The average molecular weight is 437 g/mol. The Bertz CT molecular complexity index is 1040. The van der Waals surface area contributed by atoms with Gasteiger partial charge in [-0.2, -0.15) is 0 Å². The minimum absolute atomic E-state index is 0.0637. The highest BCUT2D eigenvalue weighted by atomic mass is 35.5. The fraction of sp³-hybridized carbons (Fsp3) is 0.296. The number of unbranched alkanes of at least 4 members (excludes halogenated alkanes) is 1. The van der Waals surface area contributed by atoms with Gasteiger partial charge in [-0.15, -0.1) is 0 Å². The minimum Gasteiger partial charge on any atom is -0.486 e. The Morgan fingerprint density at radius 1 is 1.03 bits per heavy atom. The molecule has 4 heteroatoms. The minimum atomic E-state index is -0.327. The number of hydrogen-bond acceptors (Lipinski definition) is 3. The van der Waals surface area contributed by atoms with Crippen LogP contribution in [0.25, 0.3) is 11.1 Å². The van der Waals surface area contributed by atoms with Crippen LogP contribution in [0.1, 0.15) is 55.9 Å². The summed E-state index contributed by atoms with van der Waals surface area (Å²) in [4.78, 5) is 11.3. The molecule has 0 radical (unpaired) electrons. The van der Waals surface area contributed by atoms with Gasteiger partial charge in [-0.3, -0.25) is 4.79 Å². The van der Waals surface area contributed by atoms with Gasteiger partial charge in [0.05, 0.1) is 0 Å². The lowest BCUT2D eigenvalue weighted by Crippen LogP contribution is -2.10. The highest BCUT2D eigenvalue weighted by Gasteiger charge is 2.18. The molecule has 3 rings (SSSR count). The van der Waals surface area contributed by atoms with E-state index in [-0.39, 0.29) is 12.1 Å². The molecular formula is C27H29ClO3. The zero-order valence-electron chi connectivity index (χ0n) is 18.6. The van der Waals surface area contributed by atoms with E-state index in [0.29, 0.717) is 5.75 Å². The number of hydrogen-bond donors (Lipinski definition) is 0. The second-order valence-electron chi connectivity index (χ2n) is 7.80. The highest BCUT2D eigenvalue weighted by molar-refractivity contribution is 6.30. The number of rotatable bonds is 8. The lowest BCUT2D eigenvalue weighted by Gasteiger charge is -2.23. The predicted molar refractivity (Wildman–Crippen MR) is 127 cm³/mol. The van der Waals surface area contributed by atoms with E-state index in [4.69, 9.17) is 21.1 Å². The van der Waals surface area contributed by atoms with E-state index in [1.807, 2.05) is 43.3 Å². The molecule has 0 aliphatic rings. The normalized spacial score (nSPS) is 11.8. The van der Waals surface area contributed by atoms with Gasteiger partial charge in [0.25, 0.3) is 0 Å². The number of halogens is 1. The quantitative estimate of drug-likeness (QED) is 0.266. The maximum Gasteiger partial charge on any atom is 0.308 e. The largest absolute Gasteiger partial charge is 0.486 e. The van der Waals surface area contributed by atoms with E-state index in [2.05, 4.69) is 32.0 Å². The number of carbonyl (C=O) groups is 1. The Balaban J connectivity index is 1.92. The predicted octanol–water partition coefficient (Wildman–Crippen LogP) is 7.86. The van der Waals surface area contributed by atoms with Crippen molar-refractivity contribution in [3.05, 3.63) is 82.4 Å². The fourth-order valence-corrected chi connectivity index (χ4v) is 3.87. The summed E-state index contributed by atoms with van der Waals surface area (Å²) >= 11 is 6.07. The third kappa shape index (κ3) is 5.89. The summed E-state index contributed by atoms with van der Waals surface area (Å²) in [7, 11) is 0. The number of esters is 1. The van der Waals surface area contributed by atoms with Gasteiger partial charge in [0.2, 0.25) is 0 Å². The Hall–Kier alpha value is -2.78. The van der Waals surface area contributed by atoms with Gasteiger partial charge in [-0.05, 0) is 84.8 Å². The summed E-state index contributed by atoms with van der Waals surface area (Å²) in [6, 6.07) is 19.9. The second-order valence-corrected chi connectivity index (χ2v) is 8.23. The molecule has 0 heterocycles. The van der Waals surface area contributed by atoms with Crippen molar-refractivity contribution in [2.24, 2.45) is 0 Å². The number of aryl methyl sites for hydroxylation is 1. The monoisotopic (exact) mass is 436 g/mol. The van der Waals surface area contributed by atoms with Crippen molar-refractivity contribution in [3.63, 3.8) is 0 Å². The lowest BCUT2D eigenvalue weighted by atomic mass is 9.92. The Morgan fingerprint density at radius 3 is 2.42 bits per heavy atom. The molecule has 3 aromatic carbocycles. The first-order chi connectivity index (χ1) is 14.9. The van der Waals surface area contributed by atoms with Crippen molar-refractivity contribution in [2.75, 3.05) is 0 Å². The van der Waals surface area contributed by atoms with Crippen molar-refractivity contribution in [1.29, 1.82) is 0 Å². The first-order valence-electron chi connectivity index (χ1n) is 10.7. The van der Waals surface area contributed by atoms with E-state index < -0.39 is 0 Å². The van der Waals surface area contributed by atoms with Crippen LogP contribution in [0.3, 0.4) is 0 Å². The topological polar surface area (TPSA) is 35.5 Å². The van der Waals surface area contributed by atoms with Crippen LogP contribution < -0.4 is 9.47 Å². The van der Waals surface area contributed by atoms with Crippen molar-refractivity contribution in [3.8, 4) is 22.6 Å². The van der Waals surface area contributed by atoms with Gasteiger partial charge in [0.1, 0.15) is 17.6 Å². The molecule has 0 fully saturated rings. The first-order valence-corrected chi connectivity index (χ1v) is 11.1. The third-order valence-corrected chi connectivity index (χ3v) is 5.63. The molecule has 0 aliphatic heterocycles. The number of ether oxygens (including phenoxy) is 2. The molecule has 31 heavy (non-hydrogen) atoms. The summed E-state index contributed by atoms with van der Waals surface area (Å²) in [5.41, 5.74) is 5.58. The van der Waals surface area contributed by atoms with Gasteiger partial charge in [0, 0.05) is 11.9 Å². The molecule has 0 aliphatic carbocycles. The molecule has 1 atom stereocenters. The van der Waals surface area contributed by atoms with Crippen LogP contribution in [0.4, 0.5) is 0 Å². The SMILES string of the molecule is CCCCC(Oc1ccc(OC(C)=O)c(C)c1)c1cccc(-c2ccc(Cl)cc2)c1C. The Kier molecular flexibility index (Phi) is 7.75. The molecule has 0 amide bonds. The van der Waals surface area contributed by atoms with E-state index >= 15 is 0 Å². The van der Waals surface area contributed by atoms with Crippen molar-refractivity contribution in [2.45, 2.75) is 53.1 Å². The van der Waals surface area contributed by atoms with Gasteiger partial charge < -0.3 is 9.47 Å². The molecular weight excluding hydrogens is 408 g/mol. The second kappa shape index (κ2) is 10.5. The van der Waals surface area contributed by atoms with Crippen LogP contribution in [0.15, 0.2) is 60.7 Å². The van der Waals surface area contributed by atoms with Crippen molar-refractivity contribution >= 4 is 17.6 Å². The lowest BCUT2D eigenvalue weighted by molar-refractivity contribution is -0.131. The van der Waals surface area contributed by atoms with Crippen LogP contribution in [0, 0.1) is 13.8 Å². The summed E-state index contributed by atoms with van der Waals surface area (Å²) in [6.45, 7) is 7.66. The van der Waals surface area contributed by atoms with Gasteiger partial charge in [-0.25, -0.2) is 0 Å². The molecule has 0 saturated heterocycles. The number of carbonyl (C=O) groups excluding carboxylic acids is 1. The molecule has 1 unspecified atom stereocenters. The maximum atomic E-state index is 11.3. The standard InChI is InChI=1S/C27H29ClO3/c1-5-6-10-27(31-23-15-16-26(18(2)17-23)30-20(4)29)25-9-7-8-24(19(25)3)21-11-13-22(28)14-12-21/h7-9,11-17,27H,5-6,10H2,1-4H3. The Labute approximate surface area is 190 Å². The zero-order valence-corrected chi connectivity index (χ0v) is 19.3. The van der Waals surface area contributed by atoms with E-state index in [1.165, 1.54) is 23.6 Å². The van der Waals surface area contributed by atoms with E-state index in [0.717, 1.165) is 41.2 Å². The van der Waals surface area contributed by atoms with Crippen LogP contribution in [0.2, 0.25) is 5.02 Å². The smallest absolute Gasteiger partial charge is 0.308 e. The molecule has 3 aromatic rings. The van der Waals surface area contributed by atoms with Crippen molar-refractivity contribution < 1.29 is 14.3 Å². The summed E-state index contributed by atoms with van der Waals surface area (Å²) < 4.78 is 11.7. The first kappa shape index (κ1) is 22.9. The molecule has 0 spiro atoms. The fourth-order valence-electron chi connectivity index (χ4n) is 3.74. The van der Waals surface area contributed by atoms with Crippen molar-refractivity contribution in [1.82, 2.24) is 0 Å². The summed E-state index contributed by atoms with van der Waals surface area (Å²) in [5.74, 6) is 1.00. The Morgan fingerprint density at radius 2 is 1.77 bits per heavy atom. The third-order valence-electron chi connectivity index (χ3n) is 5.38. The maximum absolute atomic E-state index is 11.3. The molecule has 0 saturated carbocycles. The van der Waals surface area contributed by atoms with Crippen LogP contribution >= 0.6 is 11.6 Å². The highest BCUT2D eigenvalue weighted by Crippen LogP contribution is 2.35. The summed E-state index contributed by atoms with van der Waals surface area (Å²) in [6.07, 6.45) is 3.03. The molecule has 0 aromatic heterocycles. The number of benzene rings is 3. The average Bonchev–Trinajstić information content (AvgIpc) is 2.74. The van der Waals surface area contributed by atoms with E-state index in [9.17, 15) is 4.79 Å². The van der Waals surface area contributed by atoms with Gasteiger partial charge in [0.15, 0.2) is 0 Å². The summed E-state index contributed by atoms with van der Waals surface area (Å²) in [5, 5.41) is 0.731. The van der Waals surface area contributed by atoms with Gasteiger partial charge in [-0.1, -0.05) is 55.3 Å². The molecule has 0 bridgehead atoms. The van der Waals surface area contributed by atoms with Crippen LogP contribution in [-0.4, -0.2) is 5.97 Å².